The van der Waals surface area contributed by atoms with Crippen LogP contribution in [0, 0.1) is 6.92 Å². The number of pyridine rings is 1. The van der Waals surface area contributed by atoms with E-state index in [1.54, 1.807) is 0 Å². The van der Waals surface area contributed by atoms with E-state index in [4.69, 9.17) is 0 Å². The van der Waals surface area contributed by atoms with Gasteiger partial charge in [0.15, 0.2) is 0 Å². The lowest BCUT2D eigenvalue weighted by atomic mass is 9.95. The molecule has 0 bridgehead atoms. The summed E-state index contributed by atoms with van der Waals surface area (Å²) in [6.45, 7) is 6.63. The average molecular weight is 185 g/mol. The Morgan fingerprint density at radius 1 is 1.14 bits per heavy atom. The van der Waals surface area contributed by atoms with E-state index in [1.807, 2.05) is 12.4 Å². The first-order valence-electron chi connectivity index (χ1n) is 5.03. The van der Waals surface area contributed by atoms with E-state index in [-0.39, 0.29) is 0 Å². The Balaban J connectivity index is 2.71. The summed E-state index contributed by atoms with van der Waals surface area (Å²) in [6.07, 6.45) is 3.77. The number of hydrogen-bond donors (Lipinski definition) is 0. The van der Waals surface area contributed by atoms with E-state index in [0.29, 0.717) is 5.92 Å². The van der Waals surface area contributed by atoms with Gasteiger partial charge in [0, 0.05) is 17.8 Å². The number of fused-ring (bicyclic) bond motifs is 1. The largest absolute Gasteiger partial charge is 0.264 e. The molecule has 0 radical (unpaired) electrons. The van der Waals surface area contributed by atoms with Crippen molar-refractivity contribution in [3.8, 4) is 0 Å². The van der Waals surface area contributed by atoms with Crippen LogP contribution in [0.4, 0.5) is 0 Å². The van der Waals surface area contributed by atoms with Crippen molar-refractivity contribution in [3.05, 3.63) is 41.7 Å². The first kappa shape index (κ1) is 9.20. The highest BCUT2D eigenvalue weighted by Gasteiger charge is 2.04. The molecule has 0 unspecified atom stereocenters. The summed E-state index contributed by atoms with van der Waals surface area (Å²) < 4.78 is 0. The molecule has 0 spiro atoms. The molecule has 1 heterocycles. The third-order valence-corrected chi connectivity index (χ3v) is 2.65. The van der Waals surface area contributed by atoms with Gasteiger partial charge in [0.05, 0.1) is 0 Å². The summed E-state index contributed by atoms with van der Waals surface area (Å²) in [4.78, 5) is 4.13. The number of rotatable bonds is 1. The van der Waals surface area contributed by atoms with E-state index >= 15 is 0 Å². The van der Waals surface area contributed by atoms with Gasteiger partial charge in [-0.25, -0.2) is 0 Å². The molecular weight excluding hydrogens is 170 g/mol. The van der Waals surface area contributed by atoms with Crippen LogP contribution < -0.4 is 0 Å². The van der Waals surface area contributed by atoms with Gasteiger partial charge in [-0.3, -0.25) is 4.98 Å². The molecule has 14 heavy (non-hydrogen) atoms. The van der Waals surface area contributed by atoms with Gasteiger partial charge in [-0.15, -0.1) is 0 Å². The highest BCUT2D eigenvalue weighted by Crippen LogP contribution is 2.24. The van der Waals surface area contributed by atoms with E-state index in [1.165, 1.54) is 21.9 Å². The van der Waals surface area contributed by atoms with Gasteiger partial charge < -0.3 is 0 Å². The summed E-state index contributed by atoms with van der Waals surface area (Å²) in [7, 11) is 0. The molecule has 2 rings (SSSR count). The maximum atomic E-state index is 4.13. The first-order valence-corrected chi connectivity index (χ1v) is 5.03. The molecule has 0 N–H and O–H groups in total. The summed E-state index contributed by atoms with van der Waals surface area (Å²) >= 11 is 0. The van der Waals surface area contributed by atoms with Crippen molar-refractivity contribution in [1.82, 2.24) is 4.98 Å². The smallest absolute Gasteiger partial charge is 0.0346 e. The van der Waals surface area contributed by atoms with Gasteiger partial charge in [0.1, 0.15) is 0 Å². The van der Waals surface area contributed by atoms with Crippen molar-refractivity contribution in [1.29, 1.82) is 0 Å². The van der Waals surface area contributed by atoms with E-state index in [0.717, 1.165) is 0 Å². The molecule has 0 saturated heterocycles. The maximum Gasteiger partial charge on any atom is 0.0346 e. The van der Waals surface area contributed by atoms with Gasteiger partial charge in [0.2, 0.25) is 0 Å². The van der Waals surface area contributed by atoms with Crippen molar-refractivity contribution in [2.45, 2.75) is 26.7 Å². The van der Waals surface area contributed by atoms with E-state index < -0.39 is 0 Å². The lowest BCUT2D eigenvalue weighted by Gasteiger charge is -2.10. The molecule has 1 nitrogen and oxygen atoms in total. The summed E-state index contributed by atoms with van der Waals surface area (Å²) in [5, 5.41) is 2.52. The molecule has 1 aromatic heterocycles. The fraction of sp³-hybridized carbons (Fsp3) is 0.308. The number of aryl methyl sites for hydroxylation is 1. The summed E-state index contributed by atoms with van der Waals surface area (Å²) in [5.41, 5.74) is 2.80. The molecule has 0 fully saturated rings. The van der Waals surface area contributed by atoms with Crippen LogP contribution >= 0.6 is 0 Å². The van der Waals surface area contributed by atoms with Gasteiger partial charge in [0.25, 0.3) is 0 Å². The van der Waals surface area contributed by atoms with Crippen molar-refractivity contribution in [2.24, 2.45) is 0 Å². The Morgan fingerprint density at radius 3 is 2.64 bits per heavy atom. The summed E-state index contributed by atoms with van der Waals surface area (Å²) in [5.74, 6) is 0.590. The van der Waals surface area contributed by atoms with Gasteiger partial charge in [-0.05, 0) is 41.5 Å². The normalized spacial score (nSPS) is 11.1. The predicted molar refractivity (Wildman–Crippen MR) is 60.6 cm³/mol. The molecule has 0 aliphatic heterocycles. The van der Waals surface area contributed by atoms with Gasteiger partial charge >= 0.3 is 0 Å². The van der Waals surface area contributed by atoms with Gasteiger partial charge in [-0.2, -0.15) is 0 Å². The quantitative estimate of drug-likeness (QED) is 0.660. The first-order chi connectivity index (χ1) is 6.68. The molecule has 72 valence electrons. The topological polar surface area (TPSA) is 12.9 Å². The maximum absolute atomic E-state index is 4.13. The van der Waals surface area contributed by atoms with Crippen LogP contribution in [-0.2, 0) is 0 Å². The van der Waals surface area contributed by atoms with E-state index in [9.17, 15) is 0 Å². The third-order valence-electron chi connectivity index (χ3n) is 2.65. The van der Waals surface area contributed by atoms with Crippen LogP contribution in [0.15, 0.2) is 30.6 Å². The van der Waals surface area contributed by atoms with Crippen LogP contribution in [0.25, 0.3) is 10.8 Å². The van der Waals surface area contributed by atoms with Gasteiger partial charge in [-0.1, -0.05) is 19.9 Å². The fourth-order valence-electron chi connectivity index (χ4n) is 1.89. The lowest BCUT2D eigenvalue weighted by Crippen LogP contribution is -1.92. The molecular formula is C13H15N. The Bertz CT molecular complexity index is 458. The molecule has 1 aromatic carbocycles. The SMILES string of the molecule is Cc1cc2cnccc2cc1C(C)C. The zero-order chi connectivity index (χ0) is 10.1. The molecule has 0 atom stereocenters. The van der Waals surface area contributed by atoms with Crippen LogP contribution in [-0.4, -0.2) is 4.98 Å². The highest BCUT2D eigenvalue weighted by molar-refractivity contribution is 5.83. The van der Waals surface area contributed by atoms with Crippen LogP contribution in [0.1, 0.15) is 30.9 Å². The minimum absolute atomic E-state index is 0.590. The molecule has 0 aliphatic rings. The van der Waals surface area contributed by atoms with Crippen molar-refractivity contribution >= 4 is 10.8 Å². The average Bonchev–Trinajstić information content (AvgIpc) is 2.16. The number of aromatic nitrogens is 1. The standard InChI is InChI=1S/C13H15N/c1-9(2)13-7-11-4-5-14-8-12(11)6-10(13)3/h4-9H,1-3H3. The molecule has 0 aliphatic carbocycles. The molecule has 0 amide bonds. The Kier molecular flexibility index (Phi) is 2.24. The number of benzene rings is 1. The monoisotopic (exact) mass is 185 g/mol. The van der Waals surface area contributed by atoms with E-state index in [2.05, 4.69) is 44.0 Å². The molecule has 1 heteroatoms. The second kappa shape index (κ2) is 3.41. The Morgan fingerprint density at radius 2 is 1.93 bits per heavy atom. The zero-order valence-electron chi connectivity index (χ0n) is 8.91. The van der Waals surface area contributed by atoms with Crippen molar-refractivity contribution in [3.63, 3.8) is 0 Å². The minimum Gasteiger partial charge on any atom is -0.264 e. The van der Waals surface area contributed by atoms with Crippen molar-refractivity contribution in [2.75, 3.05) is 0 Å². The van der Waals surface area contributed by atoms with Crippen molar-refractivity contribution < 1.29 is 0 Å². The zero-order valence-corrected chi connectivity index (χ0v) is 8.91. The van der Waals surface area contributed by atoms with Crippen LogP contribution in [0.3, 0.4) is 0 Å². The Hall–Kier alpha value is -1.37. The summed E-state index contributed by atoms with van der Waals surface area (Å²) in [6, 6.07) is 6.56. The second-order valence-corrected chi connectivity index (χ2v) is 4.09. The number of nitrogens with zero attached hydrogens (tertiary/aromatic N) is 1. The van der Waals surface area contributed by atoms with Crippen LogP contribution in [0.2, 0.25) is 0 Å². The number of hydrogen-bond acceptors (Lipinski definition) is 1. The minimum atomic E-state index is 0.590. The molecule has 2 aromatic rings. The second-order valence-electron chi connectivity index (χ2n) is 4.09. The fourth-order valence-corrected chi connectivity index (χ4v) is 1.89. The highest BCUT2D eigenvalue weighted by atomic mass is 14.6. The molecule has 0 saturated carbocycles. The predicted octanol–water partition coefficient (Wildman–Crippen LogP) is 3.67. The lowest BCUT2D eigenvalue weighted by molar-refractivity contribution is 0.859. The third kappa shape index (κ3) is 1.50. The Labute approximate surface area is 84.8 Å². The van der Waals surface area contributed by atoms with Crippen LogP contribution in [0.5, 0.6) is 0 Å².